The van der Waals surface area contributed by atoms with E-state index in [1.165, 1.54) is 24.9 Å². The highest BCUT2D eigenvalue weighted by Gasteiger charge is 2.11. The molecule has 8 nitrogen and oxygen atoms in total. The van der Waals surface area contributed by atoms with Crippen LogP contribution in [-0.4, -0.2) is 84.0 Å². The third kappa shape index (κ3) is 10.2. The fraction of sp³-hybridized carbons (Fsp3) is 0.750. The monoisotopic (exact) mass is 396 g/mol. The zero-order valence-corrected chi connectivity index (χ0v) is 16.9. The molecule has 1 fully saturated rings. The smallest absolute Gasteiger partial charge is 0.0701 e. The quantitative estimate of drug-likeness (QED) is 0.406. The Hall–Kier alpha value is -1.45. The van der Waals surface area contributed by atoms with Crippen molar-refractivity contribution in [2.45, 2.75) is 19.3 Å². The molecule has 1 aromatic heterocycles. The molecule has 0 atom stereocenters. The summed E-state index contributed by atoms with van der Waals surface area (Å²) in [5, 5.41) is 3.37. The molecule has 1 aromatic rings. The maximum atomic E-state index is 5.58. The van der Waals surface area contributed by atoms with E-state index >= 15 is 0 Å². The van der Waals surface area contributed by atoms with Crippen molar-refractivity contribution in [2.24, 2.45) is 5.73 Å². The molecule has 1 saturated heterocycles. The lowest BCUT2D eigenvalue weighted by Gasteiger charge is -2.28. The van der Waals surface area contributed by atoms with Crippen LogP contribution < -0.4 is 16.0 Å². The fourth-order valence-corrected chi connectivity index (χ4v) is 2.96. The van der Waals surface area contributed by atoms with Crippen molar-refractivity contribution < 1.29 is 18.9 Å². The van der Waals surface area contributed by atoms with Crippen molar-refractivity contribution in [2.75, 3.05) is 89.3 Å². The third-order valence-electron chi connectivity index (χ3n) is 4.40. The first-order valence-corrected chi connectivity index (χ1v) is 10.3. The number of hydrogen-bond donors (Lipinski definition) is 2. The molecule has 2 rings (SSSR count). The number of anilines is 2. The first-order chi connectivity index (χ1) is 13.9. The topological polar surface area (TPSA) is 91.1 Å². The molecule has 0 aliphatic carbocycles. The summed E-state index contributed by atoms with van der Waals surface area (Å²) in [6.07, 6.45) is 7.67. The Balaban J connectivity index is 1.41. The molecule has 0 bridgehead atoms. The lowest BCUT2D eigenvalue weighted by Crippen LogP contribution is -2.29. The second-order valence-electron chi connectivity index (χ2n) is 6.64. The minimum atomic E-state index is 0.542. The predicted octanol–water partition coefficient (Wildman–Crippen LogP) is 1.51. The second kappa shape index (κ2) is 15.5. The van der Waals surface area contributed by atoms with Crippen LogP contribution in [0.3, 0.4) is 0 Å². The summed E-state index contributed by atoms with van der Waals surface area (Å²) in [5.41, 5.74) is 7.56. The van der Waals surface area contributed by atoms with Crippen LogP contribution in [-0.2, 0) is 18.9 Å². The summed E-state index contributed by atoms with van der Waals surface area (Å²) in [5.74, 6) is 0. The Kier molecular flexibility index (Phi) is 12.6. The van der Waals surface area contributed by atoms with Crippen LogP contribution in [0.1, 0.15) is 19.3 Å². The molecule has 0 saturated carbocycles. The van der Waals surface area contributed by atoms with Crippen LogP contribution >= 0.6 is 0 Å². The van der Waals surface area contributed by atoms with E-state index in [2.05, 4.69) is 21.3 Å². The van der Waals surface area contributed by atoms with Gasteiger partial charge in [-0.2, -0.15) is 0 Å². The molecule has 0 spiro atoms. The molecule has 1 aliphatic rings. The van der Waals surface area contributed by atoms with E-state index in [0.717, 1.165) is 25.3 Å². The number of pyridine rings is 1. The minimum Gasteiger partial charge on any atom is -0.381 e. The molecule has 0 unspecified atom stereocenters. The highest BCUT2D eigenvalue weighted by atomic mass is 16.6. The molecule has 160 valence electrons. The zero-order chi connectivity index (χ0) is 19.7. The highest BCUT2D eigenvalue weighted by Crippen LogP contribution is 2.21. The normalized spacial score (nSPS) is 14.4. The van der Waals surface area contributed by atoms with Crippen molar-refractivity contribution in [1.29, 1.82) is 0 Å². The van der Waals surface area contributed by atoms with Gasteiger partial charge in [-0.1, -0.05) is 0 Å². The number of aromatic nitrogens is 1. The van der Waals surface area contributed by atoms with Crippen LogP contribution in [0.5, 0.6) is 0 Å². The molecule has 1 aliphatic heterocycles. The second-order valence-corrected chi connectivity index (χ2v) is 6.64. The average Bonchev–Trinajstić information content (AvgIpc) is 2.75. The van der Waals surface area contributed by atoms with Crippen molar-refractivity contribution in [3.63, 3.8) is 0 Å². The summed E-state index contributed by atoms with van der Waals surface area (Å²) < 4.78 is 21.6. The van der Waals surface area contributed by atoms with Gasteiger partial charge in [-0.3, -0.25) is 4.98 Å². The van der Waals surface area contributed by atoms with Gasteiger partial charge in [-0.25, -0.2) is 0 Å². The average molecular weight is 397 g/mol. The SMILES string of the molecule is NCCOCCOCCOCCOCCNc1cncc(N2CCCCC2)c1. The van der Waals surface area contributed by atoms with Gasteiger partial charge < -0.3 is 34.9 Å². The summed E-state index contributed by atoms with van der Waals surface area (Å²) in [4.78, 5) is 6.76. The van der Waals surface area contributed by atoms with Crippen LogP contribution in [0, 0.1) is 0 Å². The number of piperidine rings is 1. The van der Waals surface area contributed by atoms with Gasteiger partial charge in [-0.15, -0.1) is 0 Å². The highest BCUT2D eigenvalue weighted by molar-refractivity contribution is 5.55. The number of ether oxygens (including phenoxy) is 4. The van der Waals surface area contributed by atoms with E-state index in [9.17, 15) is 0 Å². The Morgan fingerprint density at radius 2 is 1.43 bits per heavy atom. The maximum absolute atomic E-state index is 5.58. The summed E-state index contributed by atoms with van der Waals surface area (Å²) in [6.45, 7) is 8.16. The predicted molar refractivity (Wildman–Crippen MR) is 111 cm³/mol. The van der Waals surface area contributed by atoms with Crippen molar-refractivity contribution in [3.05, 3.63) is 18.5 Å². The molecular weight excluding hydrogens is 360 g/mol. The zero-order valence-electron chi connectivity index (χ0n) is 16.9. The maximum Gasteiger partial charge on any atom is 0.0701 e. The first-order valence-electron chi connectivity index (χ1n) is 10.3. The van der Waals surface area contributed by atoms with E-state index in [1.807, 2.05) is 12.4 Å². The van der Waals surface area contributed by atoms with Crippen molar-refractivity contribution in [1.82, 2.24) is 4.98 Å². The lowest BCUT2D eigenvalue weighted by atomic mass is 10.1. The molecular formula is C20H36N4O4. The van der Waals surface area contributed by atoms with Gasteiger partial charge in [0, 0.05) is 26.2 Å². The molecule has 3 N–H and O–H groups in total. The van der Waals surface area contributed by atoms with Gasteiger partial charge in [0.25, 0.3) is 0 Å². The fourth-order valence-electron chi connectivity index (χ4n) is 2.96. The Labute approximate surface area is 168 Å². The summed E-state index contributed by atoms with van der Waals surface area (Å²) in [7, 11) is 0. The number of rotatable bonds is 16. The van der Waals surface area contributed by atoms with E-state index < -0.39 is 0 Å². The first kappa shape index (κ1) is 22.8. The summed E-state index contributed by atoms with van der Waals surface area (Å²) in [6, 6.07) is 2.17. The Morgan fingerprint density at radius 1 is 0.821 bits per heavy atom. The van der Waals surface area contributed by atoms with Crippen LogP contribution in [0.25, 0.3) is 0 Å². The van der Waals surface area contributed by atoms with Crippen LogP contribution in [0.2, 0.25) is 0 Å². The molecule has 28 heavy (non-hydrogen) atoms. The molecule has 8 heteroatoms. The van der Waals surface area contributed by atoms with Crippen molar-refractivity contribution >= 4 is 11.4 Å². The van der Waals surface area contributed by atoms with E-state index in [0.29, 0.717) is 59.4 Å². The summed E-state index contributed by atoms with van der Waals surface area (Å²) >= 11 is 0. The third-order valence-corrected chi connectivity index (χ3v) is 4.40. The number of hydrogen-bond acceptors (Lipinski definition) is 8. The molecule has 0 radical (unpaired) electrons. The van der Waals surface area contributed by atoms with E-state index in [4.69, 9.17) is 24.7 Å². The Bertz CT molecular complexity index is 501. The number of nitrogens with one attached hydrogen (secondary N) is 1. The van der Waals surface area contributed by atoms with Crippen LogP contribution in [0.15, 0.2) is 18.5 Å². The standard InChI is InChI=1S/C20H36N4O4/c21-4-8-25-10-12-27-14-15-28-13-11-26-9-5-23-19-16-20(18-22-17-19)24-6-2-1-3-7-24/h16-18,23H,1-15,21H2. The van der Waals surface area contributed by atoms with Gasteiger partial charge >= 0.3 is 0 Å². The Morgan fingerprint density at radius 3 is 2.07 bits per heavy atom. The molecule has 0 aromatic carbocycles. The minimum absolute atomic E-state index is 0.542. The number of nitrogens with zero attached hydrogens (tertiary/aromatic N) is 2. The van der Waals surface area contributed by atoms with Gasteiger partial charge in [0.05, 0.1) is 76.6 Å². The van der Waals surface area contributed by atoms with Gasteiger partial charge in [0.2, 0.25) is 0 Å². The van der Waals surface area contributed by atoms with Gasteiger partial charge in [0.1, 0.15) is 0 Å². The lowest BCUT2D eigenvalue weighted by molar-refractivity contribution is 0.0000719. The van der Waals surface area contributed by atoms with E-state index in [1.54, 1.807) is 0 Å². The molecule has 2 heterocycles. The largest absolute Gasteiger partial charge is 0.381 e. The molecule has 0 amide bonds. The van der Waals surface area contributed by atoms with Crippen LogP contribution in [0.4, 0.5) is 11.4 Å². The van der Waals surface area contributed by atoms with Crippen molar-refractivity contribution in [3.8, 4) is 0 Å². The van der Waals surface area contributed by atoms with Gasteiger partial charge in [-0.05, 0) is 25.3 Å². The number of nitrogens with two attached hydrogens (primary N) is 1. The van der Waals surface area contributed by atoms with E-state index in [-0.39, 0.29) is 0 Å². The van der Waals surface area contributed by atoms with Gasteiger partial charge in [0.15, 0.2) is 0 Å².